The zero-order chi connectivity index (χ0) is 26.9. The highest BCUT2D eigenvalue weighted by Crippen LogP contribution is 2.33. The largest absolute Gasteiger partial charge is 0.325 e. The summed E-state index contributed by atoms with van der Waals surface area (Å²) in [6.45, 7) is 0. The van der Waals surface area contributed by atoms with Gasteiger partial charge in [0.15, 0.2) is 10.8 Å². The van der Waals surface area contributed by atoms with Crippen LogP contribution in [0.5, 0.6) is 0 Å². The number of nitrogens with one attached hydrogen (secondary N) is 2. The summed E-state index contributed by atoms with van der Waals surface area (Å²) in [5.74, 6) is -0.428. The first-order valence-electron chi connectivity index (χ1n) is 11.0. The van der Waals surface area contributed by atoms with Crippen molar-refractivity contribution in [3.05, 3.63) is 87.5 Å². The fraction of sp³-hybridized carbons (Fsp3) is 0.0400. The zero-order valence-corrected chi connectivity index (χ0v) is 22.5. The van der Waals surface area contributed by atoms with Crippen LogP contribution in [0.15, 0.2) is 87.0 Å². The average Bonchev–Trinajstić information content (AvgIpc) is 3.42. The van der Waals surface area contributed by atoms with Crippen LogP contribution in [-0.4, -0.2) is 35.0 Å². The lowest BCUT2D eigenvalue weighted by atomic mass is 10.1. The molecular weight excluding hydrogens is 566 g/mol. The number of sulfonamides is 1. The second-order valence-corrected chi connectivity index (χ2v) is 11.9. The summed E-state index contributed by atoms with van der Waals surface area (Å²) >= 11 is 8.58. The number of nitrogens with zero attached hydrogens (tertiary/aromatic N) is 2. The lowest BCUT2D eigenvalue weighted by Crippen LogP contribution is -2.16. The molecule has 0 radical (unpaired) electrons. The number of H-pyrrole nitrogens is 1. The minimum Gasteiger partial charge on any atom is -0.325 e. The zero-order valence-electron chi connectivity index (χ0n) is 19.3. The van der Waals surface area contributed by atoms with Gasteiger partial charge in [0.25, 0.3) is 5.56 Å². The van der Waals surface area contributed by atoms with Crippen molar-refractivity contribution >= 4 is 67.4 Å². The van der Waals surface area contributed by atoms with E-state index in [0.717, 1.165) is 22.2 Å². The third-order valence-corrected chi connectivity index (χ3v) is 8.35. The number of hydrogen-bond donors (Lipinski definition) is 3. The van der Waals surface area contributed by atoms with Crippen LogP contribution >= 0.6 is 34.7 Å². The number of fused-ring (bicyclic) bond motifs is 1. The molecule has 192 valence electrons. The van der Waals surface area contributed by atoms with Crippen molar-refractivity contribution in [1.29, 1.82) is 0 Å². The highest BCUT2D eigenvalue weighted by Gasteiger charge is 2.17. The standard InChI is InChI=1S/C25H18ClN5O4S3/c26-15-5-3-14(4-6-15)19-12-18(20-2-1-11-36-20)22-23(29-19)30-25(31-24(22)33)37-13-21(32)28-16-7-9-17(10-8-16)38(27,34)35/h1-12H,13H2,(H,28,32)(H2,27,34,35)(H,29,30,31,33). The summed E-state index contributed by atoms with van der Waals surface area (Å²) in [4.78, 5) is 38.4. The van der Waals surface area contributed by atoms with Gasteiger partial charge in [-0.05, 0) is 53.9 Å². The van der Waals surface area contributed by atoms with E-state index < -0.39 is 10.0 Å². The summed E-state index contributed by atoms with van der Waals surface area (Å²) in [7, 11) is -3.83. The Bertz CT molecular complexity index is 1810. The molecule has 1 amide bonds. The van der Waals surface area contributed by atoms with Crippen molar-refractivity contribution in [3.63, 3.8) is 0 Å². The molecule has 38 heavy (non-hydrogen) atoms. The molecule has 0 unspecified atom stereocenters. The SMILES string of the molecule is NS(=O)(=O)c1ccc(NC(=O)CSc2nc3nc(-c4ccc(Cl)cc4)cc(-c4cccs4)c3c(=O)[nH]2)cc1. The second kappa shape index (κ2) is 10.7. The van der Waals surface area contributed by atoms with Crippen molar-refractivity contribution in [2.75, 3.05) is 11.1 Å². The Morgan fingerprint density at radius 2 is 1.82 bits per heavy atom. The van der Waals surface area contributed by atoms with Gasteiger partial charge in [-0.25, -0.2) is 23.5 Å². The number of rotatable bonds is 7. The monoisotopic (exact) mass is 583 g/mol. The Balaban J connectivity index is 1.43. The lowest BCUT2D eigenvalue weighted by molar-refractivity contribution is -0.113. The summed E-state index contributed by atoms with van der Waals surface area (Å²) in [5, 5.41) is 10.9. The fourth-order valence-electron chi connectivity index (χ4n) is 3.64. The first-order chi connectivity index (χ1) is 18.2. The average molecular weight is 584 g/mol. The number of thiophene rings is 1. The first-order valence-corrected chi connectivity index (χ1v) is 14.8. The number of halogens is 1. The smallest absolute Gasteiger partial charge is 0.261 e. The van der Waals surface area contributed by atoms with Gasteiger partial charge in [0, 0.05) is 26.7 Å². The summed E-state index contributed by atoms with van der Waals surface area (Å²) in [6.07, 6.45) is 0. The first kappa shape index (κ1) is 26.1. The molecule has 2 aromatic carbocycles. The molecule has 5 aromatic rings. The van der Waals surface area contributed by atoms with E-state index in [9.17, 15) is 18.0 Å². The number of carbonyl (C=O) groups is 1. The Kier molecular flexibility index (Phi) is 7.32. The van der Waals surface area contributed by atoms with E-state index in [1.807, 2.05) is 35.7 Å². The molecule has 0 fully saturated rings. The van der Waals surface area contributed by atoms with Crippen molar-refractivity contribution in [3.8, 4) is 21.7 Å². The number of nitrogens with two attached hydrogens (primary N) is 1. The van der Waals surface area contributed by atoms with E-state index >= 15 is 0 Å². The van der Waals surface area contributed by atoms with Crippen molar-refractivity contribution < 1.29 is 13.2 Å². The van der Waals surface area contributed by atoms with Gasteiger partial charge in [0.05, 0.1) is 21.7 Å². The van der Waals surface area contributed by atoms with Crippen molar-refractivity contribution in [1.82, 2.24) is 15.0 Å². The number of pyridine rings is 1. The molecule has 0 aliphatic rings. The number of aromatic nitrogens is 3. The molecule has 0 saturated carbocycles. The molecule has 13 heteroatoms. The number of amides is 1. The number of primary sulfonamides is 1. The Hall–Kier alpha value is -3.55. The molecule has 0 bridgehead atoms. The van der Waals surface area contributed by atoms with Gasteiger partial charge in [-0.15, -0.1) is 11.3 Å². The van der Waals surface area contributed by atoms with Crippen LogP contribution in [0.2, 0.25) is 5.02 Å². The maximum Gasteiger partial charge on any atom is 0.261 e. The van der Waals surface area contributed by atoms with Crippen LogP contribution in [0.25, 0.3) is 32.7 Å². The van der Waals surface area contributed by atoms with E-state index in [1.54, 1.807) is 12.1 Å². The van der Waals surface area contributed by atoms with Gasteiger partial charge in [0.2, 0.25) is 15.9 Å². The highest BCUT2D eigenvalue weighted by atomic mass is 35.5. The van der Waals surface area contributed by atoms with Gasteiger partial charge >= 0.3 is 0 Å². The molecule has 9 nitrogen and oxygen atoms in total. The minimum atomic E-state index is -3.83. The highest BCUT2D eigenvalue weighted by molar-refractivity contribution is 7.99. The number of benzene rings is 2. The second-order valence-electron chi connectivity index (χ2n) is 8.02. The van der Waals surface area contributed by atoms with Gasteiger partial charge in [-0.2, -0.15) is 0 Å². The van der Waals surface area contributed by atoms with E-state index in [4.69, 9.17) is 16.7 Å². The van der Waals surface area contributed by atoms with Gasteiger partial charge in [-0.1, -0.05) is 41.6 Å². The van der Waals surface area contributed by atoms with E-state index in [0.29, 0.717) is 27.4 Å². The predicted molar refractivity (Wildman–Crippen MR) is 151 cm³/mol. The van der Waals surface area contributed by atoms with Crippen molar-refractivity contribution in [2.24, 2.45) is 5.14 Å². The third-order valence-electron chi connectivity index (χ3n) is 5.39. The molecule has 4 N–H and O–H groups in total. The van der Waals surface area contributed by atoms with Crippen LogP contribution in [0.4, 0.5) is 5.69 Å². The lowest BCUT2D eigenvalue weighted by Gasteiger charge is -2.10. The van der Waals surface area contributed by atoms with E-state index in [2.05, 4.69) is 20.3 Å². The maximum absolute atomic E-state index is 13.1. The number of aromatic amines is 1. The molecule has 0 aliphatic heterocycles. The van der Waals surface area contributed by atoms with Gasteiger partial charge in [0.1, 0.15) is 0 Å². The van der Waals surface area contributed by atoms with Crippen LogP contribution < -0.4 is 16.0 Å². The Labute approximate surface area is 230 Å². The van der Waals surface area contributed by atoms with Gasteiger partial charge in [-0.3, -0.25) is 9.59 Å². The topological polar surface area (TPSA) is 148 Å². The molecule has 0 spiro atoms. The molecule has 5 rings (SSSR count). The van der Waals surface area contributed by atoms with Crippen LogP contribution in [0, 0.1) is 0 Å². The third kappa shape index (κ3) is 5.79. The normalized spacial score (nSPS) is 11.5. The molecule has 0 saturated heterocycles. The minimum absolute atomic E-state index is 0.0555. The van der Waals surface area contributed by atoms with E-state index in [-0.39, 0.29) is 32.9 Å². The quantitative estimate of drug-likeness (QED) is 0.185. The van der Waals surface area contributed by atoms with Crippen LogP contribution in [0.3, 0.4) is 0 Å². The summed E-state index contributed by atoms with van der Waals surface area (Å²) in [6, 6.07) is 18.4. The van der Waals surface area contributed by atoms with E-state index in [1.165, 1.54) is 35.6 Å². The molecule has 3 aromatic heterocycles. The van der Waals surface area contributed by atoms with Gasteiger partial charge < -0.3 is 10.3 Å². The number of anilines is 1. The number of thioether (sulfide) groups is 1. The summed E-state index contributed by atoms with van der Waals surface area (Å²) < 4.78 is 22.8. The Morgan fingerprint density at radius 1 is 1.08 bits per heavy atom. The number of hydrogen-bond acceptors (Lipinski definition) is 8. The van der Waals surface area contributed by atoms with Crippen molar-refractivity contribution in [2.45, 2.75) is 10.1 Å². The molecule has 0 aliphatic carbocycles. The fourth-order valence-corrected chi connectivity index (χ4v) is 5.69. The summed E-state index contributed by atoms with van der Waals surface area (Å²) in [5.41, 5.74) is 2.45. The van der Waals surface area contributed by atoms with Crippen LogP contribution in [0.1, 0.15) is 0 Å². The maximum atomic E-state index is 13.1. The number of carbonyl (C=O) groups excluding carboxylic acids is 1. The molecule has 3 heterocycles. The predicted octanol–water partition coefficient (Wildman–Crippen LogP) is 4.75. The van der Waals surface area contributed by atoms with Crippen LogP contribution in [-0.2, 0) is 14.8 Å². The molecular formula is C25H18ClN5O4S3. The molecule has 0 atom stereocenters. The Morgan fingerprint density at radius 3 is 2.47 bits per heavy atom.